The molecule has 3 aromatic heterocycles. The van der Waals surface area contributed by atoms with Gasteiger partial charge in [-0.1, -0.05) is 31.8 Å². The SMILES string of the molecule is CC(C)(C)OC(=O)N[C@@H]1CCCN(c2ccc(Nc3ccc(-c4cc5c(N6CCOCC6)ncnc5n4COCC[Si](C)(C)C)cc3)nn2)C1. The first-order valence-electron chi connectivity index (χ1n) is 17.6. The summed E-state index contributed by atoms with van der Waals surface area (Å²) in [7, 11) is -1.22. The summed E-state index contributed by atoms with van der Waals surface area (Å²) < 4.78 is 19.5. The van der Waals surface area contributed by atoms with Crippen molar-refractivity contribution in [1.82, 2.24) is 30.0 Å². The molecule has 2 aliphatic rings. The highest BCUT2D eigenvalue weighted by atomic mass is 28.3. The molecule has 1 amide bonds. The molecule has 0 aliphatic carbocycles. The van der Waals surface area contributed by atoms with Gasteiger partial charge in [-0.05, 0) is 75.6 Å². The highest BCUT2D eigenvalue weighted by molar-refractivity contribution is 6.76. The van der Waals surface area contributed by atoms with Crippen LogP contribution in [0.2, 0.25) is 25.7 Å². The maximum atomic E-state index is 12.3. The number of fused-ring (bicyclic) bond motifs is 1. The average Bonchev–Trinajstić information content (AvgIpc) is 3.45. The Morgan fingerprint density at radius 3 is 2.48 bits per heavy atom. The Kier molecular flexibility index (Phi) is 10.9. The second kappa shape index (κ2) is 15.3. The molecule has 14 heteroatoms. The number of amides is 1. The fourth-order valence-electron chi connectivity index (χ4n) is 6.19. The molecule has 13 nitrogen and oxygen atoms in total. The van der Waals surface area contributed by atoms with Gasteiger partial charge in [-0.25, -0.2) is 14.8 Å². The highest BCUT2D eigenvalue weighted by Gasteiger charge is 2.25. The lowest BCUT2D eigenvalue weighted by molar-refractivity contribution is 0.0500. The van der Waals surface area contributed by atoms with E-state index in [-0.39, 0.29) is 12.1 Å². The molecule has 0 saturated carbocycles. The van der Waals surface area contributed by atoms with Gasteiger partial charge in [-0.3, -0.25) is 0 Å². The number of benzene rings is 1. The number of piperidine rings is 1. The van der Waals surface area contributed by atoms with Crippen LogP contribution in [0.15, 0.2) is 48.8 Å². The van der Waals surface area contributed by atoms with Crippen LogP contribution in [0.4, 0.5) is 27.9 Å². The summed E-state index contributed by atoms with van der Waals surface area (Å²) >= 11 is 0. The maximum Gasteiger partial charge on any atom is 0.407 e. The summed E-state index contributed by atoms with van der Waals surface area (Å²) in [5.74, 6) is 2.36. The molecule has 2 saturated heterocycles. The first-order valence-corrected chi connectivity index (χ1v) is 21.3. The number of alkyl carbamates (subject to hydrolysis) is 1. The molecule has 2 fully saturated rings. The molecule has 0 unspecified atom stereocenters. The van der Waals surface area contributed by atoms with Gasteiger partial charge in [0, 0.05) is 52.6 Å². The van der Waals surface area contributed by atoms with Crippen LogP contribution in [0.1, 0.15) is 33.6 Å². The molecule has 4 aromatic rings. The Balaban J connectivity index is 1.15. The van der Waals surface area contributed by atoms with Gasteiger partial charge in [0.2, 0.25) is 0 Å². The Morgan fingerprint density at radius 2 is 1.78 bits per heavy atom. The van der Waals surface area contributed by atoms with Crippen LogP contribution in [0.5, 0.6) is 0 Å². The number of nitrogens with zero attached hydrogens (tertiary/aromatic N) is 7. The zero-order valence-electron chi connectivity index (χ0n) is 30.2. The molecule has 2 N–H and O–H groups in total. The third kappa shape index (κ3) is 9.28. The molecule has 0 spiro atoms. The van der Waals surface area contributed by atoms with Gasteiger partial charge in [0.1, 0.15) is 30.1 Å². The molecule has 268 valence electrons. The van der Waals surface area contributed by atoms with Crippen molar-refractivity contribution in [1.29, 1.82) is 0 Å². The Morgan fingerprint density at radius 1 is 1.00 bits per heavy atom. The number of hydrogen-bond acceptors (Lipinski definition) is 11. The molecule has 2 aliphatic heterocycles. The van der Waals surface area contributed by atoms with Gasteiger partial charge in [0.15, 0.2) is 11.6 Å². The lowest BCUT2D eigenvalue weighted by Gasteiger charge is -2.34. The van der Waals surface area contributed by atoms with E-state index in [2.05, 4.69) is 73.0 Å². The summed E-state index contributed by atoms with van der Waals surface area (Å²) in [5.41, 5.74) is 3.31. The Bertz CT molecular complexity index is 1730. The largest absolute Gasteiger partial charge is 0.444 e. The summed E-state index contributed by atoms with van der Waals surface area (Å²) in [6.45, 7) is 18.3. The number of rotatable bonds is 11. The minimum absolute atomic E-state index is 0.00914. The monoisotopic (exact) mass is 701 g/mol. The number of morpholine rings is 1. The van der Waals surface area contributed by atoms with E-state index in [4.69, 9.17) is 24.2 Å². The molecular formula is C36H51N9O4Si. The van der Waals surface area contributed by atoms with Gasteiger partial charge < -0.3 is 39.2 Å². The van der Waals surface area contributed by atoms with Crippen molar-refractivity contribution in [2.24, 2.45) is 0 Å². The van der Waals surface area contributed by atoms with Gasteiger partial charge in [-0.15, -0.1) is 10.2 Å². The topological polar surface area (TPSA) is 132 Å². The van der Waals surface area contributed by atoms with E-state index >= 15 is 0 Å². The van der Waals surface area contributed by atoms with Crippen molar-refractivity contribution in [3.8, 4) is 11.3 Å². The third-order valence-corrected chi connectivity index (χ3v) is 10.5. The average molecular weight is 702 g/mol. The molecule has 50 heavy (non-hydrogen) atoms. The summed E-state index contributed by atoms with van der Waals surface area (Å²) in [5, 5.41) is 16.4. The van der Waals surface area contributed by atoms with Crippen molar-refractivity contribution in [3.63, 3.8) is 0 Å². The number of aromatic nitrogens is 5. The quantitative estimate of drug-likeness (QED) is 0.135. The number of hydrogen-bond donors (Lipinski definition) is 2. The minimum atomic E-state index is -1.22. The Hall–Kier alpha value is -4.27. The summed E-state index contributed by atoms with van der Waals surface area (Å²) in [6.07, 6.45) is 3.10. The fraction of sp³-hybridized carbons (Fsp3) is 0.528. The second-order valence-corrected chi connectivity index (χ2v) is 20.9. The normalized spacial score (nSPS) is 17.2. The Labute approximate surface area is 295 Å². The van der Waals surface area contributed by atoms with E-state index in [1.807, 2.05) is 45.0 Å². The number of carbonyl (C=O) groups excluding carboxylic acids is 1. The molecule has 0 bridgehead atoms. The predicted molar refractivity (Wildman–Crippen MR) is 200 cm³/mol. The van der Waals surface area contributed by atoms with Crippen LogP contribution in [0.25, 0.3) is 22.3 Å². The van der Waals surface area contributed by atoms with Crippen LogP contribution in [-0.2, 0) is 20.9 Å². The van der Waals surface area contributed by atoms with E-state index < -0.39 is 13.7 Å². The first kappa shape index (κ1) is 35.5. The lowest BCUT2D eigenvalue weighted by Crippen LogP contribution is -2.49. The van der Waals surface area contributed by atoms with Crippen molar-refractivity contribution < 1.29 is 19.0 Å². The van der Waals surface area contributed by atoms with Crippen molar-refractivity contribution in [3.05, 3.63) is 48.8 Å². The van der Waals surface area contributed by atoms with Crippen molar-refractivity contribution in [2.45, 2.75) is 77.7 Å². The molecule has 1 atom stereocenters. The third-order valence-electron chi connectivity index (χ3n) is 8.77. The van der Waals surface area contributed by atoms with Crippen LogP contribution < -0.4 is 20.4 Å². The van der Waals surface area contributed by atoms with E-state index in [0.29, 0.717) is 32.3 Å². The van der Waals surface area contributed by atoms with Gasteiger partial charge in [0.25, 0.3) is 0 Å². The van der Waals surface area contributed by atoms with Crippen LogP contribution in [0, 0.1) is 0 Å². The molecule has 1 aromatic carbocycles. The predicted octanol–water partition coefficient (Wildman–Crippen LogP) is 6.27. The van der Waals surface area contributed by atoms with Crippen molar-refractivity contribution >= 4 is 48.3 Å². The van der Waals surface area contributed by atoms with Gasteiger partial charge in [0.05, 0.1) is 24.3 Å². The van der Waals surface area contributed by atoms with Crippen molar-refractivity contribution in [2.75, 3.05) is 61.1 Å². The highest BCUT2D eigenvalue weighted by Crippen LogP contribution is 2.33. The lowest BCUT2D eigenvalue weighted by atomic mass is 10.1. The van der Waals surface area contributed by atoms with Crippen LogP contribution in [0.3, 0.4) is 0 Å². The number of ether oxygens (including phenoxy) is 3. The zero-order valence-corrected chi connectivity index (χ0v) is 31.2. The smallest absolute Gasteiger partial charge is 0.407 e. The van der Waals surface area contributed by atoms with Crippen LogP contribution >= 0.6 is 0 Å². The summed E-state index contributed by atoms with van der Waals surface area (Å²) in [6, 6.07) is 15.5. The number of nitrogens with one attached hydrogen (secondary N) is 2. The van der Waals surface area contributed by atoms with Gasteiger partial charge >= 0.3 is 6.09 Å². The first-order chi connectivity index (χ1) is 23.9. The zero-order chi connectivity index (χ0) is 35.3. The van der Waals surface area contributed by atoms with Gasteiger partial charge in [-0.2, -0.15) is 0 Å². The van der Waals surface area contributed by atoms with E-state index in [0.717, 1.165) is 84.7 Å². The second-order valence-electron chi connectivity index (χ2n) is 15.3. The van der Waals surface area contributed by atoms with E-state index in [1.54, 1.807) is 6.33 Å². The number of anilines is 4. The van der Waals surface area contributed by atoms with E-state index in [1.165, 1.54) is 0 Å². The van der Waals surface area contributed by atoms with Crippen LogP contribution in [-0.4, -0.2) is 96.5 Å². The maximum absolute atomic E-state index is 12.3. The molecule has 5 heterocycles. The molecular weight excluding hydrogens is 651 g/mol. The summed E-state index contributed by atoms with van der Waals surface area (Å²) in [4.78, 5) is 26.1. The fourth-order valence-corrected chi connectivity index (χ4v) is 6.95. The standard InChI is InChI=1S/C36H51N9O4Si/c1-36(2,3)49-35(46)40-28-8-7-15-44(23-28)32-14-13-31(41-42-32)39-27-11-9-26(10-12-27)30-22-29-33(43-16-18-47-19-17-43)37-24-38-34(29)45(30)25-48-20-21-50(4,5)6/h9-14,22,24,28H,7-8,15-21,23,25H2,1-6H3,(H,39,41)(H,40,46)/t28-/m1/s1. The number of carbonyl (C=O) groups is 1. The molecule has 6 rings (SSSR count). The minimum Gasteiger partial charge on any atom is -0.444 e. The molecule has 0 radical (unpaired) electrons. The van der Waals surface area contributed by atoms with E-state index in [9.17, 15) is 4.79 Å².